The second-order valence-corrected chi connectivity index (χ2v) is 13.7. The molecule has 1 aromatic carbocycles. The molecule has 1 fully saturated rings. The van der Waals surface area contributed by atoms with E-state index in [-0.39, 0.29) is 30.3 Å². The first-order valence-corrected chi connectivity index (χ1v) is 16.0. The fourth-order valence-corrected chi connectivity index (χ4v) is 5.90. The Bertz CT molecular complexity index is 1830. The third-order valence-electron chi connectivity index (χ3n) is 8.25. The molecule has 9 nitrogen and oxygen atoms in total. The van der Waals surface area contributed by atoms with E-state index in [1.54, 1.807) is 25.2 Å². The number of anilines is 2. The molecule has 1 saturated heterocycles. The van der Waals surface area contributed by atoms with Gasteiger partial charge in [-0.3, -0.25) is 9.59 Å². The summed E-state index contributed by atoms with van der Waals surface area (Å²) >= 11 is 13.4. The summed E-state index contributed by atoms with van der Waals surface area (Å²) in [6.07, 6.45) is -2.63. The molecule has 4 aromatic rings. The molecule has 0 unspecified atom stereocenters. The number of nitrogens with zero attached hydrogens (tertiary/aromatic N) is 5. The lowest BCUT2D eigenvalue weighted by Gasteiger charge is -2.32. The number of imidazole rings is 1. The highest BCUT2D eigenvalue weighted by atomic mass is 35.5. The van der Waals surface area contributed by atoms with Crippen molar-refractivity contribution in [1.82, 2.24) is 24.8 Å². The smallest absolute Gasteiger partial charge is 0.356 e. The first-order valence-electron chi connectivity index (χ1n) is 15.2. The highest BCUT2D eigenvalue weighted by molar-refractivity contribution is 6.36. The first-order chi connectivity index (χ1) is 22.0. The van der Waals surface area contributed by atoms with Crippen molar-refractivity contribution in [2.75, 3.05) is 23.3 Å². The van der Waals surface area contributed by atoms with E-state index in [2.05, 4.69) is 22.5 Å². The normalized spacial score (nSPS) is 14.5. The highest BCUT2D eigenvalue weighted by Gasteiger charge is 2.33. The molecule has 0 bridgehead atoms. The van der Waals surface area contributed by atoms with Gasteiger partial charge in [0.05, 0.1) is 10.6 Å². The molecular weight excluding hydrogens is 654 g/mol. The molecule has 0 aliphatic carbocycles. The number of carbonyl (C=O) groups excluding carboxylic acids is 2. The van der Waals surface area contributed by atoms with Gasteiger partial charge < -0.3 is 20.1 Å². The average molecular weight is 691 g/mol. The number of carbonyl (C=O) groups is 2. The van der Waals surface area contributed by atoms with Gasteiger partial charge in [-0.25, -0.2) is 15.0 Å². The molecule has 14 heteroatoms. The molecule has 0 spiro atoms. The number of halogens is 5. The van der Waals surface area contributed by atoms with Gasteiger partial charge >= 0.3 is 6.18 Å². The largest absolute Gasteiger partial charge is 0.433 e. The molecule has 0 atom stereocenters. The molecule has 2 amide bonds. The van der Waals surface area contributed by atoms with Crippen LogP contribution in [0.5, 0.6) is 0 Å². The number of amides is 2. The minimum Gasteiger partial charge on any atom is -0.356 e. The second-order valence-electron chi connectivity index (χ2n) is 12.9. The van der Waals surface area contributed by atoms with Gasteiger partial charge in [0.2, 0.25) is 5.91 Å². The second kappa shape index (κ2) is 13.3. The van der Waals surface area contributed by atoms with E-state index < -0.39 is 23.2 Å². The van der Waals surface area contributed by atoms with Crippen LogP contribution in [-0.2, 0) is 31.0 Å². The summed E-state index contributed by atoms with van der Waals surface area (Å²) in [4.78, 5) is 41.3. The molecule has 4 heterocycles. The van der Waals surface area contributed by atoms with E-state index in [0.29, 0.717) is 63.0 Å². The number of nitrogens with one attached hydrogen (secondary N) is 2. The van der Waals surface area contributed by atoms with Crippen LogP contribution < -0.4 is 15.5 Å². The van der Waals surface area contributed by atoms with Gasteiger partial charge in [0.15, 0.2) is 5.65 Å². The highest BCUT2D eigenvalue weighted by Crippen LogP contribution is 2.33. The quantitative estimate of drug-likeness (QED) is 0.209. The lowest BCUT2D eigenvalue weighted by molar-refractivity contribution is -0.141. The van der Waals surface area contributed by atoms with Gasteiger partial charge in [-0.2, -0.15) is 13.2 Å². The molecule has 3 aromatic heterocycles. The predicted octanol–water partition coefficient (Wildman–Crippen LogP) is 7.43. The van der Waals surface area contributed by atoms with Crippen LogP contribution in [0.25, 0.3) is 11.2 Å². The monoisotopic (exact) mass is 689 g/mol. The van der Waals surface area contributed by atoms with Crippen LogP contribution in [0, 0.1) is 11.3 Å². The lowest BCUT2D eigenvalue weighted by Crippen LogP contribution is -2.35. The number of hydrogen-bond donors (Lipinski definition) is 2. The minimum atomic E-state index is -4.66. The van der Waals surface area contributed by atoms with Crippen molar-refractivity contribution in [3.05, 3.63) is 74.7 Å². The number of benzene rings is 1. The Labute approximate surface area is 280 Å². The maximum Gasteiger partial charge on any atom is 0.433 e. The van der Waals surface area contributed by atoms with E-state index in [1.165, 1.54) is 12.1 Å². The van der Waals surface area contributed by atoms with E-state index in [0.717, 1.165) is 18.9 Å². The van der Waals surface area contributed by atoms with Crippen LogP contribution in [-0.4, -0.2) is 44.4 Å². The summed E-state index contributed by atoms with van der Waals surface area (Å²) in [5, 5.41) is 6.26. The Morgan fingerprint density at radius 3 is 2.38 bits per heavy atom. The van der Waals surface area contributed by atoms with Crippen molar-refractivity contribution in [2.45, 2.75) is 59.7 Å². The van der Waals surface area contributed by atoms with Gasteiger partial charge in [0.1, 0.15) is 28.7 Å². The molecule has 1 aliphatic heterocycles. The van der Waals surface area contributed by atoms with Crippen LogP contribution in [0.15, 0.2) is 36.4 Å². The van der Waals surface area contributed by atoms with E-state index in [9.17, 15) is 22.8 Å². The Hall–Kier alpha value is -3.90. The van der Waals surface area contributed by atoms with Crippen LogP contribution in [0.1, 0.15) is 73.5 Å². The molecule has 0 radical (unpaired) electrons. The molecule has 47 heavy (non-hydrogen) atoms. The fourth-order valence-electron chi connectivity index (χ4n) is 5.33. The Balaban J connectivity index is 1.50. The summed E-state index contributed by atoms with van der Waals surface area (Å²) in [5.41, 5.74) is 0.747. The van der Waals surface area contributed by atoms with Crippen molar-refractivity contribution >= 4 is 57.8 Å². The molecule has 5 rings (SSSR count). The van der Waals surface area contributed by atoms with E-state index in [4.69, 9.17) is 33.2 Å². The maximum atomic E-state index is 13.6. The predicted molar refractivity (Wildman–Crippen MR) is 177 cm³/mol. The summed E-state index contributed by atoms with van der Waals surface area (Å²) in [6, 6.07) is 8.43. The average Bonchev–Trinajstić information content (AvgIpc) is 3.31. The zero-order valence-electron chi connectivity index (χ0n) is 26.7. The van der Waals surface area contributed by atoms with Gasteiger partial charge in [-0.05, 0) is 54.2 Å². The maximum absolute atomic E-state index is 13.6. The fraction of sp³-hybridized carbons (Fsp3) is 0.424. The summed E-state index contributed by atoms with van der Waals surface area (Å²) in [7, 11) is 1.81. The van der Waals surface area contributed by atoms with E-state index >= 15 is 0 Å². The Morgan fingerprint density at radius 2 is 1.72 bits per heavy atom. The Kier molecular flexibility index (Phi) is 9.75. The van der Waals surface area contributed by atoms with Crippen LogP contribution in [0.3, 0.4) is 0 Å². The lowest BCUT2D eigenvalue weighted by atomic mass is 9.95. The SMILES string of the molecule is CC1CCN(c2nc3c(cc2C(=O)Nc2cccc(C(F)(F)F)n2)nc(Cc2c(Cl)ccc(CNC(=O)C(C)(C)C)c2Cl)n3C)CC1. The molecule has 2 N–H and O–H groups in total. The van der Waals surface area contributed by atoms with Crippen molar-refractivity contribution < 1.29 is 22.8 Å². The topological polar surface area (TPSA) is 105 Å². The van der Waals surface area contributed by atoms with E-state index in [1.807, 2.05) is 30.2 Å². The number of alkyl halides is 3. The van der Waals surface area contributed by atoms with Crippen molar-refractivity contribution in [2.24, 2.45) is 18.4 Å². The number of pyridine rings is 2. The van der Waals surface area contributed by atoms with Gasteiger partial charge in [0, 0.05) is 43.5 Å². The number of aryl methyl sites for hydroxylation is 1. The van der Waals surface area contributed by atoms with Crippen LogP contribution in [0.4, 0.5) is 24.8 Å². The van der Waals surface area contributed by atoms with Crippen molar-refractivity contribution in [3.63, 3.8) is 0 Å². The van der Waals surface area contributed by atoms with Gasteiger partial charge in [-0.1, -0.05) is 63.0 Å². The minimum absolute atomic E-state index is 0.117. The van der Waals surface area contributed by atoms with Crippen molar-refractivity contribution in [3.8, 4) is 0 Å². The molecule has 0 saturated carbocycles. The molecule has 250 valence electrons. The zero-order chi connectivity index (χ0) is 34.3. The third-order valence-corrected chi connectivity index (χ3v) is 9.07. The summed E-state index contributed by atoms with van der Waals surface area (Å²) < 4.78 is 41.7. The van der Waals surface area contributed by atoms with Crippen LogP contribution in [0.2, 0.25) is 10.0 Å². The van der Waals surface area contributed by atoms with Crippen LogP contribution >= 0.6 is 23.2 Å². The zero-order valence-corrected chi connectivity index (χ0v) is 28.2. The summed E-state index contributed by atoms with van der Waals surface area (Å²) in [5.74, 6) is 0.500. The van der Waals surface area contributed by atoms with Crippen molar-refractivity contribution in [1.29, 1.82) is 0 Å². The number of fused-ring (bicyclic) bond motifs is 1. The molecule has 1 aliphatic rings. The van der Waals surface area contributed by atoms with Gasteiger partial charge in [-0.15, -0.1) is 0 Å². The third kappa shape index (κ3) is 7.65. The molecular formula is C33H36Cl2F3N7O2. The summed E-state index contributed by atoms with van der Waals surface area (Å²) in [6.45, 7) is 9.19. The first kappa shape index (κ1) is 34.4. The number of aromatic nitrogens is 4. The number of hydrogen-bond acceptors (Lipinski definition) is 6. The van der Waals surface area contributed by atoms with Gasteiger partial charge in [0.25, 0.3) is 5.91 Å². The number of piperidine rings is 1. The number of rotatable bonds is 7. The Morgan fingerprint density at radius 1 is 1.02 bits per heavy atom. The standard InChI is InChI=1S/C33H36Cl2F3N7O2/c1-18-11-13-45(14-12-18)28-21(30(46)42-25-8-6-7-24(41-25)33(36,37)38)15-23-29(43-28)44(5)26(40-23)16-20-22(34)10-9-19(27(20)35)17-39-31(47)32(2,3)4/h6-10,15,18H,11-14,16-17H2,1-5H3,(H,39,47)(H,41,42,46).